The van der Waals surface area contributed by atoms with Gasteiger partial charge in [0.2, 0.25) is 0 Å². The number of ether oxygens (including phenoxy) is 1. The van der Waals surface area contributed by atoms with E-state index in [1.54, 1.807) is 7.11 Å². The molecule has 1 heterocycles. The zero-order valence-electron chi connectivity index (χ0n) is 10.5. The number of aryl methyl sites for hydroxylation is 1. The maximum absolute atomic E-state index is 6.06. The third kappa shape index (κ3) is 3.13. The molecule has 0 aliphatic carbocycles. The molecule has 17 heavy (non-hydrogen) atoms. The molecule has 0 aromatic heterocycles. The molecule has 1 aromatic rings. The molecule has 1 aromatic carbocycles. The zero-order valence-corrected chi connectivity index (χ0v) is 10.5. The third-order valence-electron chi connectivity index (χ3n) is 3.55. The molecular formula is C14H22N2O. The van der Waals surface area contributed by atoms with E-state index in [-0.39, 0.29) is 0 Å². The Balaban J connectivity index is 1.93. The molecule has 2 rings (SSSR count). The van der Waals surface area contributed by atoms with E-state index in [1.165, 1.54) is 24.8 Å². The second kappa shape index (κ2) is 5.92. The van der Waals surface area contributed by atoms with Gasteiger partial charge in [-0.3, -0.25) is 0 Å². The molecule has 1 aliphatic rings. The summed E-state index contributed by atoms with van der Waals surface area (Å²) in [5.41, 5.74) is 8.07. The van der Waals surface area contributed by atoms with E-state index in [0.717, 1.165) is 30.8 Å². The molecule has 0 amide bonds. The Hall–Kier alpha value is -1.22. The fourth-order valence-electron chi connectivity index (χ4n) is 2.49. The van der Waals surface area contributed by atoms with Crippen molar-refractivity contribution in [2.24, 2.45) is 0 Å². The van der Waals surface area contributed by atoms with Crippen LogP contribution in [0.4, 0.5) is 5.69 Å². The van der Waals surface area contributed by atoms with Gasteiger partial charge in [-0.05, 0) is 43.9 Å². The number of methoxy groups -OCH3 is 1. The summed E-state index contributed by atoms with van der Waals surface area (Å²) in [5, 5.41) is 3.57. The van der Waals surface area contributed by atoms with Crippen LogP contribution in [0.2, 0.25) is 0 Å². The van der Waals surface area contributed by atoms with Gasteiger partial charge in [0.1, 0.15) is 5.75 Å². The molecule has 1 saturated heterocycles. The van der Waals surface area contributed by atoms with Crippen LogP contribution in [0.3, 0.4) is 0 Å². The summed E-state index contributed by atoms with van der Waals surface area (Å²) in [6.07, 6.45) is 6.16. The Morgan fingerprint density at radius 2 is 2.29 bits per heavy atom. The van der Waals surface area contributed by atoms with E-state index in [9.17, 15) is 0 Å². The number of anilines is 1. The number of nitrogen functional groups attached to an aromatic ring is 1. The number of hydrogen-bond acceptors (Lipinski definition) is 3. The van der Waals surface area contributed by atoms with E-state index in [2.05, 4.69) is 11.4 Å². The Bertz CT molecular complexity index is 359. The Morgan fingerprint density at radius 3 is 3.00 bits per heavy atom. The van der Waals surface area contributed by atoms with Gasteiger partial charge in [0.15, 0.2) is 0 Å². The van der Waals surface area contributed by atoms with Gasteiger partial charge in [-0.25, -0.2) is 0 Å². The summed E-state index contributed by atoms with van der Waals surface area (Å²) < 4.78 is 5.24. The van der Waals surface area contributed by atoms with Crippen molar-refractivity contribution in [3.63, 3.8) is 0 Å². The highest BCUT2D eigenvalue weighted by Crippen LogP contribution is 2.26. The molecule has 3 N–H and O–H groups in total. The summed E-state index contributed by atoms with van der Waals surface area (Å²) in [4.78, 5) is 0. The molecule has 94 valence electrons. The van der Waals surface area contributed by atoms with E-state index < -0.39 is 0 Å². The van der Waals surface area contributed by atoms with Crippen molar-refractivity contribution in [3.8, 4) is 5.75 Å². The van der Waals surface area contributed by atoms with Gasteiger partial charge < -0.3 is 15.8 Å². The fourth-order valence-corrected chi connectivity index (χ4v) is 2.49. The van der Waals surface area contributed by atoms with E-state index >= 15 is 0 Å². The van der Waals surface area contributed by atoms with Crippen molar-refractivity contribution < 1.29 is 4.74 Å². The average molecular weight is 234 g/mol. The summed E-state index contributed by atoms with van der Waals surface area (Å²) in [6, 6.07) is 6.69. The monoisotopic (exact) mass is 234 g/mol. The zero-order chi connectivity index (χ0) is 12.1. The number of nitrogens with two attached hydrogens (primary N) is 1. The highest BCUT2D eigenvalue weighted by atomic mass is 16.5. The minimum atomic E-state index is 0.661. The van der Waals surface area contributed by atoms with Crippen LogP contribution in [0.25, 0.3) is 0 Å². The normalized spacial score (nSPS) is 20.2. The molecule has 1 atom stereocenters. The van der Waals surface area contributed by atoms with Crippen LogP contribution in [-0.4, -0.2) is 19.7 Å². The number of benzene rings is 1. The third-order valence-corrected chi connectivity index (χ3v) is 3.55. The first-order valence-electron chi connectivity index (χ1n) is 6.46. The lowest BCUT2D eigenvalue weighted by atomic mass is 9.97. The molecule has 0 radical (unpaired) electrons. The predicted molar refractivity (Wildman–Crippen MR) is 71.4 cm³/mol. The highest BCUT2D eigenvalue weighted by Gasteiger charge is 2.13. The van der Waals surface area contributed by atoms with Crippen molar-refractivity contribution >= 4 is 5.69 Å². The van der Waals surface area contributed by atoms with Gasteiger partial charge >= 0.3 is 0 Å². The molecule has 0 bridgehead atoms. The van der Waals surface area contributed by atoms with Crippen LogP contribution in [0.5, 0.6) is 5.75 Å². The topological polar surface area (TPSA) is 47.3 Å². The maximum atomic E-state index is 6.06. The minimum absolute atomic E-state index is 0.661. The average Bonchev–Trinajstić information content (AvgIpc) is 2.39. The number of para-hydroxylation sites is 1. The quantitative estimate of drug-likeness (QED) is 0.786. The molecule has 1 unspecified atom stereocenters. The summed E-state index contributed by atoms with van der Waals surface area (Å²) in [5.74, 6) is 0.791. The predicted octanol–water partition coefficient (Wildman–Crippen LogP) is 2.35. The van der Waals surface area contributed by atoms with Crippen molar-refractivity contribution in [2.75, 3.05) is 19.4 Å². The molecule has 1 aliphatic heterocycles. The van der Waals surface area contributed by atoms with Crippen LogP contribution in [0, 0.1) is 0 Å². The number of nitrogens with one attached hydrogen (secondary N) is 1. The van der Waals surface area contributed by atoms with Crippen molar-refractivity contribution in [3.05, 3.63) is 23.8 Å². The Labute approximate surface area is 103 Å². The molecule has 0 spiro atoms. The number of piperidine rings is 1. The number of rotatable bonds is 4. The largest absolute Gasteiger partial charge is 0.495 e. The van der Waals surface area contributed by atoms with Crippen molar-refractivity contribution in [1.29, 1.82) is 0 Å². The van der Waals surface area contributed by atoms with Crippen LogP contribution in [0.15, 0.2) is 18.2 Å². The minimum Gasteiger partial charge on any atom is -0.495 e. The first-order chi connectivity index (χ1) is 8.31. The Morgan fingerprint density at radius 1 is 1.41 bits per heavy atom. The standard InChI is InChI=1S/C14H22N2O/c1-17-13-7-4-5-11(14(13)15)8-9-12-6-2-3-10-16-12/h4-5,7,12,16H,2-3,6,8-10,15H2,1H3. The SMILES string of the molecule is COc1cccc(CCC2CCCCN2)c1N. The lowest BCUT2D eigenvalue weighted by Crippen LogP contribution is -2.34. The van der Waals surface area contributed by atoms with Gasteiger partial charge in [0.25, 0.3) is 0 Å². The molecule has 1 fully saturated rings. The van der Waals surface area contributed by atoms with E-state index in [4.69, 9.17) is 10.5 Å². The van der Waals surface area contributed by atoms with Gasteiger partial charge in [0.05, 0.1) is 12.8 Å². The van der Waals surface area contributed by atoms with Gasteiger partial charge in [-0.2, -0.15) is 0 Å². The molecule has 3 heteroatoms. The molecular weight excluding hydrogens is 212 g/mol. The van der Waals surface area contributed by atoms with E-state index in [0.29, 0.717) is 6.04 Å². The smallest absolute Gasteiger partial charge is 0.142 e. The van der Waals surface area contributed by atoms with Gasteiger partial charge in [-0.15, -0.1) is 0 Å². The second-order valence-corrected chi connectivity index (χ2v) is 4.72. The first-order valence-corrected chi connectivity index (χ1v) is 6.46. The first kappa shape index (κ1) is 12.2. The van der Waals surface area contributed by atoms with Crippen molar-refractivity contribution in [1.82, 2.24) is 5.32 Å². The van der Waals surface area contributed by atoms with Gasteiger partial charge in [-0.1, -0.05) is 18.6 Å². The number of hydrogen-bond donors (Lipinski definition) is 2. The van der Waals surface area contributed by atoms with Crippen LogP contribution in [-0.2, 0) is 6.42 Å². The van der Waals surface area contributed by atoms with Crippen LogP contribution < -0.4 is 15.8 Å². The summed E-state index contributed by atoms with van der Waals surface area (Å²) in [7, 11) is 1.66. The van der Waals surface area contributed by atoms with Gasteiger partial charge in [0, 0.05) is 6.04 Å². The second-order valence-electron chi connectivity index (χ2n) is 4.72. The van der Waals surface area contributed by atoms with Crippen LogP contribution >= 0.6 is 0 Å². The molecule has 3 nitrogen and oxygen atoms in total. The summed E-state index contributed by atoms with van der Waals surface area (Å²) in [6.45, 7) is 1.16. The van der Waals surface area contributed by atoms with E-state index in [1.807, 2.05) is 12.1 Å². The fraction of sp³-hybridized carbons (Fsp3) is 0.571. The maximum Gasteiger partial charge on any atom is 0.142 e. The Kier molecular flexibility index (Phi) is 4.26. The van der Waals surface area contributed by atoms with Crippen molar-refractivity contribution in [2.45, 2.75) is 38.1 Å². The highest BCUT2D eigenvalue weighted by molar-refractivity contribution is 5.58. The summed E-state index contributed by atoms with van der Waals surface area (Å²) >= 11 is 0. The lowest BCUT2D eigenvalue weighted by Gasteiger charge is -2.23. The molecule has 0 saturated carbocycles. The van der Waals surface area contributed by atoms with Crippen LogP contribution in [0.1, 0.15) is 31.2 Å². The lowest BCUT2D eigenvalue weighted by molar-refractivity contribution is 0.382.